The molecule has 0 spiro atoms. The van der Waals surface area contributed by atoms with Crippen molar-refractivity contribution < 1.29 is 13.2 Å². The number of hydrogen-bond acceptors (Lipinski definition) is 7. The van der Waals surface area contributed by atoms with Crippen molar-refractivity contribution in [3.05, 3.63) is 66.7 Å². The van der Waals surface area contributed by atoms with Crippen molar-refractivity contribution in [3.63, 3.8) is 0 Å². The molecule has 2 atom stereocenters. The van der Waals surface area contributed by atoms with Crippen LogP contribution in [0, 0.1) is 5.92 Å². The van der Waals surface area contributed by atoms with Crippen LogP contribution in [0.15, 0.2) is 71.6 Å². The SMILES string of the molecule is CC[C@@H](C)[C@@H](NS(=O)(=O)c1ccc2ccccc2c1)C(=O)Nc1nnc(-c2ccc(N(C)C)cc2)s1. The first-order valence-electron chi connectivity index (χ1n) is 11.6. The predicted molar refractivity (Wildman–Crippen MR) is 146 cm³/mol. The molecule has 0 aliphatic carbocycles. The molecule has 36 heavy (non-hydrogen) atoms. The van der Waals surface area contributed by atoms with Gasteiger partial charge < -0.3 is 4.90 Å². The van der Waals surface area contributed by atoms with E-state index in [4.69, 9.17) is 0 Å². The summed E-state index contributed by atoms with van der Waals surface area (Å²) in [5, 5.41) is 13.8. The Hall–Kier alpha value is -3.34. The van der Waals surface area contributed by atoms with Gasteiger partial charge in [-0.15, -0.1) is 10.2 Å². The van der Waals surface area contributed by atoms with Gasteiger partial charge in [0.25, 0.3) is 0 Å². The predicted octanol–water partition coefficient (Wildman–Crippen LogP) is 4.76. The molecule has 188 valence electrons. The molecule has 10 heteroatoms. The molecule has 4 aromatic rings. The molecule has 0 fully saturated rings. The summed E-state index contributed by atoms with van der Waals surface area (Å²) in [6.07, 6.45) is 0.609. The van der Waals surface area contributed by atoms with E-state index in [2.05, 4.69) is 20.2 Å². The van der Waals surface area contributed by atoms with Gasteiger partial charge in [-0.2, -0.15) is 4.72 Å². The number of sulfonamides is 1. The van der Waals surface area contributed by atoms with Crippen molar-refractivity contribution >= 4 is 48.9 Å². The molecule has 3 aromatic carbocycles. The van der Waals surface area contributed by atoms with Crippen LogP contribution in [0.2, 0.25) is 0 Å². The summed E-state index contributed by atoms with van der Waals surface area (Å²) in [4.78, 5) is 15.3. The highest BCUT2D eigenvalue weighted by Gasteiger charge is 2.30. The number of anilines is 2. The molecule has 0 radical (unpaired) electrons. The van der Waals surface area contributed by atoms with E-state index < -0.39 is 22.0 Å². The average molecular weight is 524 g/mol. The molecule has 0 aliphatic heterocycles. The first-order valence-corrected chi connectivity index (χ1v) is 13.9. The highest BCUT2D eigenvalue weighted by Crippen LogP contribution is 2.28. The minimum Gasteiger partial charge on any atom is -0.378 e. The zero-order chi connectivity index (χ0) is 25.9. The third-order valence-corrected chi connectivity index (χ3v) is 8.42. The third kappa shape index (κ3) is 5.72. The van der Waals surface area contributed by atoms with E-state index in [0.29, 0.717) is 16.6 Å². The van der Waals surface area contributed by atoms with Crippen LogP contribution in [0.25, 0.3) is 21.3 Å². The zero-order valence-corrected chi connectivity index (χ0v) is 22.2. The van der Waals surface area contributed by atoms with Crippen molar-refractivity contribution in [2.24, 2.45) is 5.92 Å². The fourth-order valence-electron chi connectivity index (χ4n) is 3.71. The van der Waals surface area contributed by atoms with Crippen molar-refractivity contribution in [1.82, 2.24) is 14.9 Å². The Labute approximate surface area is 215 Å². The molecular formula is C26H29N5O3S2. The maximum Gasteiger partial charge on any atom is 0.244 e. The second-order valence-corrected chi connectivity index (χ2v) is 11.5. The van der Waals surface area contributed by atoms with Crippen LogP contribution in [-0.2, 0) is 14.8 Å². The summed E-state index contributed by atoms with van der Waals surface area (Å²) in [5.74, 6) is -0.717. The Morgan fingerprint density at radius 3 is 2.36 bits per heavy atom. The van der Waals surface area contributed by atoms with E-state index in [1.807, 2.05) is 81.4 Å². The van der Waals surface area contributed by atoms with Gasteiger partial charge in [-0.05, 0) is 53.1 Å². The van der Waals surface area contributed by atoms with Crippen LogP contribution in [0.5, 0.6) is 0 Å². The van der Waals surface area contributed by atoms with Gasteiger partial charge in [0, 0.05) is 25.3 Å². The number of rotatable bonds is 9. The number of fused-ring (bicyclic) bond motifs is 1. The van der Waals surface area contributed by atoms with E-state index in [1.165, 1.54) is 11.3 Å². The standard InChI is InChI=1S/C26H29N5O3S2/c1-5-17(2)23(30-36(33,34)22-15-12-18-8-6-7-9-20(18)16-22)24(32)27-26-29-28-25(35-26)19-10-13-21(14-11-19)31(3)4/h6-17,23,30H,5H2,1-4H3,(H,27,29,32)/t17-,23-/m1/s1. The Morgan fingerprint density at radius 2 is 1.69 bits per heavy atom. The van der Waals surface area contributed by atoms with Gasteiger partial charge in [-0.1, -0.05) is 61.9 Å². The lowest BCUT2D eigenvalue weighted by Crippen LogP contribution is -2.47. The monoisotopic (exact) mass is 523 g/mol. The average Bonchev–Trinajstić information content (AvgIpc) is 3.35. The van der Waals surface area contributed by atoms with Crippen LogP contribution in [-0.4, -0.2) is 44.7 Å². The van der Waals surface area contributed by atoms with E-state index in [1.54, 1.807) is 18.2 Å². The van der Waals surface area contributed by atoms with Gasteiger partial charge in [-0.25, -0.2) is 8.42 Å². The molecule has 8 nitrogen and oxygen atoms in total. The first kappa shape index (κ1) is 25.7. The minimum atomic E-state index is -3.94. The van der Waals surface area contributed by atoms with Gasteiger partial charge in [0.05, 0.1) is 4.90 Å². The molecule has 0 unspecified atom stereocenters. The summed E-state index contributed by atoms with van der Waals surface area (Å²) in [6.45, 7) is 3.75. The number of carbonyl (C=O) groups excluding carboxylic acids is 1. The van der Waals surface area contributed by atoms with E-state index >= 15 is 0 Å². The minimum absolute atomic E-state index is 0.113. The summed E-state index contributed by atoms with van der Waals surface area (Å²) in [6, 6.07) is 19.3. The van der Waals surface area contributed by atoms with Gasteiger partial charge in [0.15, 0.2) is 0 Å². The Kier molecular flexibility index (Phi) is 7.67. The molecule has 0 saturated carbocycles. The molecule has 1 amide bonds. The van der Waals surface area contributed by atoms with E-state index in [-0.39, 0.29) is 10.8 Å². The number of nitrogens with one attached hydrogen (secondary N) is 2. The highest BCUT2D eigenvalue weighted by atomic mass is 32.2. The quantitative estimate of drug-likeness (QED) is 0.328. The second-order valence-electron chi connectivity index (χ2n) is 8.84. The molecule has 0 aliphatic rings. The lowest BCUT2D eigenvalue weighted by Gasteiger charge is -2.23. The van der Waals surface area contributed by atoms with Gasteiger partial charge in [0.2, 0.25) is 21.1 Å². The fraction of sp³-hybridized carbons (Fsp3) is 0.269. The normalized spacial score (nSPS) is 13.3. The molecule has 0 bridgehead atoms. The highest BCUT2D eigenvalue weighted by molar-refractivity contribution is 7.89. The first-order chi connectivity index (χ1) is 17.2. The third-order valence-electron chi connectivity index (χ3n) is 6.09. The van der Waals surface area contributed by atoms with Gasteiger partial charge in [0.1, 0.15) is 11.0 Å². The topological polar surface area (TPSA) is 104 Å². The number of aromatic nitrogens is 2. The summed E-state index contributed by atoms with van der Waals surface area (Å²) in [5.41, 5.74) is 1.95. The summed E-state index contributed by atoms with van der Waals surface area (Å²) in [7, 11) is -0.00417. The number of benzene rings is 3. The van der Waals surface area contributed by atoms with Crippen LogP contribution in [0.4, 0.5) is 10.8 Å². The Balaban J connectivity index is 1.52. The Morgan fingerprint density at radius 1 is 1.00 bits per heavy atom. The molecular weight excluding hydrogens is 494 g/mol. The lowest BCUT2D eigenvalue weighted by atomic mass is 9.99. The van der Waals surface area contributed by atoms with Crippen molar-refractivity contribution in [2.45, 2.75) is 31.2 Å². The van der Waals surface area contributed by atoms with Crippen molar-refractivity contribution in [2.75, 3.05) is 24.3 Å². The largest absolute Gasteiger partial charge is 0.378 e. The van der Waals surface area contributed by atoms with Gasteiger partial charge in [-0.3, -0.25) is 10.1 Å². The molecule has 1 aromatic heterocycles. The molecule has 0 saturated heterocycles. The summed E-state index contributed by atoms with van der Waals surface area (Å²) >= 11 is 1.24. The lowest BCUT2D eigenvalue weighted by molar-refractivity contribution is -0.118. The fourth-order valence-corrected chi connectivity index (χ4v) is 5.80. The number of hydrogen-bond donors (Lipinski definition) is 2. The molecule has 1 heterocycles. The smallest absolute Gasteiger partial charge is 0.244 e. The molecule has 2 N–H and O–H groups in total. The van der Waals surface area contributed by atoms with E-state index in [9.17, 15) is 13.2 Å². The molecule has 4 rings (SSSR count). The maximum absolute atomic E-state index is 13.2. The zero-order valence-electron chi connectivity index (χ0n) is 20.6. The van der Waals surface area contributed by atoms with Gasteiger partial charge >= 0.3 is 0 Å². The Bertz CT molecular complexity index is 1470. The number of nitrogens with zero attached hydrogens (tertiary/aromatic N) is 3. The van der Waals surface area contributed by atoms with Crippen LogP contribution in [0.3, 0.4) is 0 Å². The van der Waals surface area contributed by atoms with Crippen molar-refractivity contribution in [3.8, 4) is 10.6 Å². The van der Waals surface area contributed by atoms with Crippen LogP contribution < -0.4 is 14.9 Å². The van der Waals surface area contributed by atoms with Crippen LogP contribution >= 0.6 is 11.3 Å². The number of amides is 1. The second kappa shape index (κ2) is 10.7. The maximum atomic E-state index is 13.2. The summed E-state index contributed by atoms with van der Waals surface area (Å²) < 4.78 is 29.0. The van der Waals surface area contributed by atoms with Crippen molar-refractivity contribution in [1.29, 1.82) is 0 Å². The van der Waals surface area contributed by atoms with E-state index in [0.717, 1.165) is 22.0 Å². The number of carbonyl (C=O) groups is 1. The van der Waals surface area contributed by atoms with Crippen LogP contribution in [0.1, 0.15) is 20.3 Å².